The van der Waals surface area contributed by atoms with Crippen LogP contribution in [0.25, 0.3) is 0 Å². The maximum atomic E-state index is 4.11. The van der Waals surface area contributed by atoms with Gasteiger partial charge < -0.3 is 10.2 Å². The molecule has 0 aliphatic carbocycles. The highest BCUT2D eigenvalue weighted by molar-refractivity contribution is 5.02. The minimum atomic E-state index is 0.908. The zero-order valence-electron chi connectivity index (χ0n) is 9.32. The van der Waals surface area contributed by atoms with Crippen molar-refractivity contribution < 1.29 is 0 Å². The van der Waals surface area contributed by atoms with E-state index < -0.39 is 0 Å². The van der Waals surface area contributed by atoms with E-state index in [0.29, 0.717) is 0 Å². The van der Waals surface area contributed by atoms with Crippen LogP contribution in [0.15, 0.2) is 12.4 Å². The summed E-state index contributed by atoms with van der Waals surface area (Å²) in [6, 6.07) is 0. The molecule has 1 heterocycles. The van der Waals surface area contributed by atoms with Crippen molar-refractivity contribution in [2.24, 2.45) is 7.05 Å². The highest BCUT2D eigenvalue weighted by Gasteiger charge is 1.96. The molecule has 4 nitrogen and oxygen atoms in total. The first-order valence-electron chi connectivity index (χ1n) is 5.09. The van der Waals surface area contributed by atoms with E-state index in [4.69, 9.17) is 0 Å². The molecular formula is C10H20N4. The van der Waals surface area contributed by atoms with Crippen LogP contribution in [0.3, 0.4) is 0 Å². The SMILES string of the molecule is CCN(C)CCNCc1cnn(C)c1. The molecule has 1 aromatic rings. The summed E-state index contributed by atoms with van der Waals surface area (Å²) in [5.41, 5.74) is 1.24. The van der Waals surface area contributed by atoms with Crippen LogP contribution in [0, 0.1) is 0 Å². The Hall–Kier alpha value is -0.870. The second-order valence-electron chi connectivity index (χ2n) is 3.59. The number of hydrogen-bond acceptors (Lipinski definition) is 3. The molecule has 0 bridgehead atoms. The van der Waals surface area contributed by atoms with Crippen molar-refractivity contribution in [1.82, 2.24) is 20.0 Å². The standard InChI is InChI=1S/C10H20N4/c1-4-13(2)6-5-11-7-10-8-12-14(3)9-10/h8-9,11H,4-7H2,1-3H3. The Kier molecular flexibility index (Phi) is 4.62. The van der Waals surface area contributed by atoms with E-state index in [9.17, 15) is 0 Å². The minimum Gasteiger partial charge on any atom is -0.311 e. The van der Waals surface area contributed by atoms with E-state index in [2.05, 4.69) is 29.3 Å². The molecule has 0 atom stereocenters. The molecule has 0 fully saturated rings. The van der Waals surface area contributed by atoms with Gasteiger partial charge in [0.05, 0.1) is 6.20 Å². The van der Waals surface area contributed by atoms with E-state index in [1.54, 1.807) is 0 Å². The van der Waals surface area contributed by atoms with Crippen LogP contribution in [-0.2, 0) is 13.6 Å². The molecule has 0 aliphatic heterocycles. The van der Waals surface area contributed by atoms with Gasteiger partial charge in [-0.05, 0) is 13.6 Å². The van der Waals surface area contributed by atoms with E-state index in [-0.39, 0.29) is 0 Å². The number of rotatable bonds is 6. The van der Waals surface area contributed by atoms with Crippen LogP contribution in [-0.4, -0.2) is 41.4 Å². The van der Waals surface area contributed by atoms with Crippen molar-refractivity contribution in [3.63, 3.8) is 0 Å². The van der Waals surface area contributed by atoms with Gasteiger partial charge in [-0.3, -0.25) is 4.68 Å². The normalized spacial score (nSPS) is 11.1. The molecule has 4 heteroatoms. The van der Waals surface area contributed by atoms with Gasteiger partial charge in [-0.25, -0.2) is 0 Å². The summed E-state index contributed by atoms with van der Waals surface area (Å²) < 4.78 is 1.83. The highest BCUT2D eigenvalue weighted by Crippen LogP contribution is 1.94. The molecule has 0 amide bonds. The fourth-order valence-corrected chi connectivity index (χ4v) is 1.22. The number of hydrogen-bond donors (Lipinski definition) is 1. The fraction of sp³-hybridized carbons (Fsp3) is 0.700. The zero-order valence-corrected chi connectivity index (χ0v) is 9.32. The molecule has 0 saturated heterocycles. The van der Waals surface area contributed by atoms with Gasteiger partial charge in [0.2, 0.25) is 0 Å². The Balaban J connectivity index is 2.10. The Morgan fingerprint density at radius 3 is 2.93 bits per heavy atom. The number of nitrogens with zero attached hydrogens (tertiary/aromatic N) is 3. The fourth-order valence-electron chi connectivity index (χ4n) is 1.22. The molecule has 1 aromatic heterocycles. The Morgan fingerprint density at radius 2 is 2.36 bits per heavy atom. The van der Waals surface area contributed by atoms with E-state index >= 15 is 0 Å². The molecule has 0 unspecified atom stereocenters. The third-order valence-corrected chi connectivity index (χ3v) is 2.30. The lowest BCUT2D eigenvalue weighted by Gasteiger charge is -2.13. The van der Waals surface area contributed by atoms with Gasteiger partial charge >= 0.3 is 0 Å². The highest BCUT2D eigenvalue weighted by atomic mass is 15.2. The molecular weight excluding hydrogens is 176 g/mol. The van der Waals surface area contributed by atoms with Crippen molar-refractivity contribution in [2.75, 3.05) is 26.7 Å². The van der Waals surface area contributed by atoms with Gasteiger partial charge in [0.25, 0.3) is 0 Å². The second-order valence-corrected chi connectivity index (χ2v) is 3.59. The number of aromatic nitrogens is 2. The number of nitrogens with one attached hydrogen (secondary N) is 1. The molecule has 0 spiro atoms. The van der Waals surface area contributed by atoms with Crippen molar-refractivity contribution in [2.45, 2.75) is 13.5 Å². The monoisotopic (exact) mass is 196 g/mol. The quantitative estimate of drug-likeness (QED) is 0.671. The molecule has 80 valence electrons. The Morgan fingerprint density at radius 1 is 1.57 bits per heavy atom. The second kappa shape index (κ2) is 5.78. The predicted molar refractivity (Wildman–Crippen MR) is 58.1 cm³/mol. The molecule has 0 aromatic carbocycles. The molecule has 0 radical (unpaired) electrons. The van der Waals surface area contributed by atoms with Crippen LogP contribution in [0.5, 0.6) is 0 Å². The summed E-state index contributed by atoms with van der Waals surface area (Å²) >= 11 is 0. The molecule has 14 heavy (non-hydrogen) atoms. The van der Waals surface area contributed by atoms with E-state index in [1.807, 2.05) is 24.1 Å². The topological polar surface area (TPSA) is 33.1 Å². The van der Waals surface area contributed by atoms with Crippen molar-refractivity contribution in [3.05, 3.63) is 18.0 Å². The van der Waals surface area contributed by atoms with Gasteiger partial charge in [0.1, 0.15) is 0 Å². The first kappa shape index (κ1) is 11.2. The van der Waals surface area contributed by atoms with Crippen LogP contribution >= 0.6 is 0 Å². The van der Waals surface area contributed by atoms with Gasteiger partial charge in [-0.15, -0.1) is 0 Å². The van der Waals surface area contributed by atoms with Crippen molar-refractivity contribution in [1.29, 1.82) is 0 Å². The molecule has 1 N–H and O–H groups in total. The predicted octanol–water partition coefficient (Wildman–Crippen LogP) is 0.461. The van der Waals surface area contributed by atoms with E-state index in [0.717, 1.165) is 26.2 Å². The van der Waals surface area contributed by atoms with Crippen LogP contribution < -0.4 is 5.32 Å². The largest absolute Gasteiger partial charge is 0.311 e. The first-order valence-corrected chi connectivity index (χ1v) is 5.09. The average molecular weight is 196 g/mol. The third-order valence-electron chi connectivity index (χ3n) is 2.30. The van der Waals surface area contributed by atoms with Crippen LogP contribution in [0.1, 0.15) is 12.5 Å². The lowest BCUT2D eigenvalue weighted by atomic mass is 10.3. The molecule has 0 saturated carbocycles. The third kappa shape index (κ3) is 3.89. The molecule has 0 aliphatic rings. The van der Waals surface area contributed by atoms with Crippen molar-refractivity contribution >= 4 is 0 Å². The first-order chi connectivity index (χ1) is 6.72. The molecule has 1 rings (SSSR count). The van der Waals surface area contributed by atoms with Gasteiger partial charge in [-0.2, -0.15) is 5.10 Å². The summed E-state index contributed by atoms with van der Waals surface area (Å²) in [6.45, 7) is 6.30. The van der Waals surface area contributed by atoms with Gasteiger partial charge in [0, 0.05) is 38.4 Å². The smallest absolute Gasteiger partial charge is 0.0534 e. The Bertz CT molecular complexity index is 256. The summed E-state index contributed by atoms with van der Waals surface area (Å²) in [5.74, 6) is 0. The maximum Gasteiger partial charge on any atom is 0.0534 e. The minimum absolute atomic E-state index is 0.908. The van der Waals surface area contributed by atoms with Crippen LogP contribution in [0.2, 0.25) is 0 Å². The van der Waals surface area contributed by atoms with Gasteiger partial charge in [0.15, 0.2) is 0 Å². The zero-order chi connectivity index (χ0) is 10.4. The maximum absolute atomic E-state index is 4.11. The lowest BCUT2D eigenvalue weighted by Crippen LogP contribution is -2.28. The summed E-state index contributed by atoms with van der Waals surface area (Å²) in [6.07, 6.45) is 3.94. The summed E-state index contributed by atoms with van der Waals surface area (Å²) in [4.78, 5) is 2.29. The van der Waals surface area contributed by atoms with Crippen LogP contribution in [0.4, 0.5) is 0 Å². The number of aryl methyl sites for hydroxylation is 1. The lowest BCUT2D eigenvalue weighted by molar-refractivity contribution is 0.349. The van der Waals surface area contributed by atoms with Gasteiger partial charge in [-0.1, -0.05) is 6.92 Å². The average Bonchev–Trinajstić information content (AvgIpc) is 2.58. The Labute approximate surface area is 85.9 Å². The van der Waals surface area contributed by atoms with E-state index in [1.165, 1.54) is 5.56 Å². The van der Waals surface area contributed by atoms with Crippen molar-refractivity contribution in [3.8, 4) is 0 Å². The summed E-state index contributed by atoms with van der Waals surface area (Å²) in [5, 5.41) is 7.50. The summed E-state index contributed by atoms with van der Waals surface area (Å²) in [7, 11) is 4.07. The number of likely N-dealkylation sites (N-methyl/N-ethyl adjacent to an activating group) is 1.